The zero-order valence-electron chi connectivity index (χ0n) is 10.0. The molecule has 0 spiro atoms. The van der Waals surface area contributed by atoms with Crippen molar-refractivity contribution in [1.82, 2.24) is 9.97 Å². The van der Waals surface area contributed by atoms with Crippen molar-refractivity contribution in [1.29, 1.82) is 0 Å². The van der Waals surface area contributed by atoms with E-state index >= 15 is 0 Å². The number of hydrogen-bond donors (Lipinski definition) is 1. The highest BCUT2D eigenvalue weighted by atomic mass is 32.1. The first-order valence-electron chi connectivity index (χ1n) is 5.44. The molecule has 0 aromatic carbocycles. The molecule has 0 fully saturated rings. The monoisotopic (exact) mass is 251 g/mol. The van der Waals surface area contributed by atoms with E-state index in [1.54, 1.807) is 18.3 Å². The number of rotatable bonds is 3. The van der Waals surface area contributed by atoms with Crippen molar-refractivity contribution in [2.24, 2.45) is 0 Å². The van der Waals surface area contributed by atoms with E-state index in [0.717, 1.165) is 11.1 Å². The van der Waals surface area contributed by atoms with Crippen LogP contribution in [0, 0.1) is 19.7 Å². The second-order valence-corrected chi connectivity index (χ2v) is 4.54. The van der Waals surface area contributed by atoms with E-state index in [-0.39, 0.29) is 11.6 Å². The van der Waals surface area contributed by atoms with E-state index in [4.69, 9.17) is 0 Å². The molecule has 2 aromatic rings. The van der Waals surface area contributed by atoms with Gasteiger partial charge in [-0.2, -0.15) is 11.3 Å². The number of nitrogens with one attached hydrogen (secondary N) is 1. The Balaban J connectivity index is 2.53. The van der Waals surface area contributed by atoms with E-state index in [1.807, 2.05) is 24.6 Å². The minimum atomic E-state index is -0.372. The van der Waals surface area contributed by atoms with Gasteiger partial charge in [0.1, 0.15) is 0 Å². The van der Waals surface area contributed by atoms with Gasteiger partial charge in [-0.15, -0.1) is 0 Å². The number of anilines is 1. The van der Waals surface area contributed by atoms with Gasteiger partial charge in [0, 0.05) is 17.5 Å². The number of hydrogen-bond acceptors (Lipinski definition) is 4. The Labute approximate surface area is 104 Å². The van der Waals surface area contributed by atoms with E-state index in [0.29, 0.717) is 18.1 Å². The lowest BCUT2D eigenvalue weighted by Crippen LogP contribution is -2.06. The lowest BCUT2D eigenvalue weighted by atomic mass is 10.2. The summed E-state index contributed by atoms with van der Waals surface area (Å²) in [4.78, 5) is 8.44. The highest BCUT2D eigenvalue weighted by Gasteiger charge is 2.13. The second-order valence-electron chi connectivity index (χ2n) is 3.79. The third-order valence-electron chi connectivity index (χ3n) is 2.46. The van der Waals surface area contributed by atoms with Gasteiger partial charge < -0.3 is 5.32 Å². The van der Waals surface area contributed by atoms with Crippen molar-refractivity contribution in [3.05, 3.63) is 27.8 Å². The maximum atomic E-state index is 13.7. The predicted octanol–water partition coefficient (Wildman–Crippen LogP) is 3.39. The van der Waals surface area contributed by atoms with Gasteiger partial charge in [0.25, 0.3) is 0 Å². The van der Waals surface area contributed by atoms with Crippen molar-refractivity contribution in [2.45, 2.75) is 20.8 Å². The number of aryl methyl sites for hydroxylation is 2. The topological polar surface area (TPSA) is 37.8 Å². The fourth-order valence-electron chi connectivity index (χ4n) is 1.55. The number of thiophene rings is 1. The average Bonchev–Trinajstić information content (AvgIpc) is 2.71. The molecule has 2 aromatic heterocycles. The molecule has 0 aliphatic rings. The Bertz CT molecular complexity index is 537. The summed E-state index contributed by atoms with van der Waals surface area (Å²) in [5, 5.41) is 6.93. The van der Waals surface area contributed by atoms with Crippen molar-refractivity contribution in [3.63, 3.8) is 0 Å². The Morgan fingerprint density at radius 3 is 2.65 bits per heavy atom. The molecule has 0 saturated carbocycles. The zero-order valence-corrected chi connectivity index (χ0v) is 10.9. The SMILES string of the molecule is CCNc1nc(-c2cscc2C)nc(C)c1F. The molecular weight excluding hydrogens is 237 g/mol. The summed E-state index contributed by atoms with van der Waals surface area (Å²) in [6.07, 6.45) is 0. The van der Waals surface area contributed by atoms with Crippen LogP contribution in [0.3, 0.4) is 0 Å². The van der Waals surface area contributed by atoms with Crippen molar-refractivity contribution >= 4 is 17.2 Å². The molecule has 17 heavy (non-hydrogen) atoms. The van der Waals surface area contributed by atoms with Crippen LogP contribution in [0.1, 0.15) is 18.2 Å². The van der Waals surface area contributed by atoms with E-state index in [9.17, 15) is 4.39 Å². The Kier molecular flexibility index (Phi) is 3.38. The highest BCUT2D eigenvalue weighted by Crippen LogP contribution is 2.26. The average molecular weight is 251 g/mol. The normalized spacial score (nSPS) is 10.6. The molecule has 1 N–H and O–H groups in total. The van der Waals surface area contributed by atoms with Gasteiger partial charge in [-0.25, -0.2) is 14.4 Å². The summed E-state index contributed by atoms with van der Waals surface area (Å²) in [5.41, 5.74) is 2.46. The second kappa shape index (κ2) is 4.79. The summed E-state index contributed by atoms with van der Waals surface area (Å²) in [5.74, 6) is 0.489. The molecule has 3 nitrogen and oxygen atoms in total. The van der Waals surface area contributed by atoms with Crippen LogP contribution >= 0.6 is 11.3 Å². The molecule has 5 heteroatoms. The van der Waals surface area contributed by atoms with E-state index in [2.05, 4.69) is 15.3 Å². The molecule has 0 aliphatic carbocycles. The lowest BCUT2D eigenvalue weighted by molar-refractivity contribution is 0.606. The van der Waals surface area contributed by atoms with Gasteiger partial charge in [-0.05, 0) is 31.7 Å². The summed E-state index contributed by atoms with van der Waals surface area (Å²) in [6, 6.07) is 0. The predicted molar refractivity (Wildman–Crippen MR) is 68.9 cm³/mol. The molecule has 0 radical (unpaired) electrons. The van der Waals surface area contributed by atoms with Crippen LogP contribution in [0.2, 0.25) is 0 Å². The standard InChI is InChI=1S/C12H14FN3S/c1-4-14-12-10(13)8(3)15-11(16-12)9-6-17-5-7(9)2/h5-6H,4H2,1-3H3,(H,14,15,16). The number of halogens is 1. The van der Waals surface area contributed by atoms with Crippen molar-refractivity contribution in [3.8, 4) is 11.4 Å². The van der Waals surface area contributed by atoms with Crippen LogP contribution in [0.25, 0.3) is 11.4 Å². The minimum Gasteiger partial charge on any atom is -0.368 e. The fraction of sp³-hybridized carbons (Fsp3) is 0.333. The molecule has 0 bridgehead atoms. The van der Waals surface area contributed by atoms with Crippen molar-refractivity contribution < 1.29 is 4.39 Å². The van der Waals surface area contributed by atoms with Gasteiger partial charge in [0.2, 0.25) is 0 Å². The third kappa shape index (κ3) is 2.29. The zero-order chi connectivity index (χ0) is 12.4. The maximum Gasteiger partial charge on any atom is 0.186 e. The summed E-state index contributed by atoms with van der Waals surface area (Å²) in [7, 11) is 0. The van der Waals surface area contributed by atoms with Crippen LogP contribution < -0.4 is 5.32 Å². The molecule has 0 amide bonds. The lowest BCUT2D eigenvalue weighted by Gasteiger charge is -2.08. The molecule has 0 saturated heterocycles. The number of nitrogens with zero attached hydrogens (tertiary/aromatic N) is 2. The molecule has 0 aliphatic heterocycles. The molecule has 0 unspecified atom stereocenters. The first kappa shape index (κ1) is 12.0. The smallest absolute Gasteiger partial charge is 0.186 e. The van der Waals surface area contributed by atoms with Gasteiger partial charge in [-0.3, -0.25) is 0 Å². The third-order valence-corrected chi connectivity index (χ3v) is 3.32. The van der Waals surface area contributed by atoms with Crippen LogP contribution in [0.4, 0.5) is 10.2 Å². The molecule has 2 heterocycles. The summed E-state index contributed by atoms with van der Waals surface area (Å²) >= 11 is 1.60. The molecule has 0 atom stereocenters. The molecular formula is C12H14FN3S. The van der Waals surface area contributed by atoms with Gasteiger partial charge in [0.05, 0.1) is 5.69 Å². The van der Waals surface area contributed by atoms with Gasteiger partial charge >= 0.3 is 0 Å². The first-order valence-corrected chi connectivity index (χ1v) is 6.39. The van der Waals surface area contributed by atoms with E-state index in [1.165, 1.54) is 0 Å². The van der Waals surface area contributed by atoms with Gasteiger partial charge in [0.15, 0.2) is 17.5 Å². The molecule has 90 valence electrons. The summed E-state index contributed by atoms with van der Waals surface area (Å²) < 4.78 is 13.7. The quantitative estimate of drug-likeness (QED) is 0.908. The largest absolute Gasteiger partial charge is 0.368 e. The van der Waals surface area contributed by atoms with Gasteiger partial charge in [-0.1, -0.05) is 0 Å². The van der Waals surface area contributed by atoms with Crippen LogP contribution in [-0.2, 0) is 0 Å². The van der Waals surface area contributed by atoms with E-state index < -0.39 is 0 Å². The van der Waals surface area contributed by atoms with Crippen molar-refractivity contribution in [2.75, 3.05) is 11.9 Å². The highest BCUT2D eigenvalue weighted by molar-refractivity contribution is 7.08. The maximum absolute atomic E-state index is 13.7. The Hall–Kier alpha value is -1.49. The van der Waals surface area contributed by atoms with Crippen LogP contribution in [-0.4, -0.2) is 16.5 Å². The van der Waals surface area contributed by atoms with Crippen LogP contribution in [0.5, 0.6) is 0 Å². The first-order chi connectivity index (χ1) is 8.13. The molecule has 2 rings (SSSR count). The fourth-order valence-corrected chi connectivity index (χ4v) is 2.38. The van der Waals surface area contributed by atoms with Crippen LogP contribution in [0.15, 0.2) is 10.8 Å². The number of aromatic nitrogens is 2. The Morgan fingerprint density at radius 1 is 1.29 bits per heavy atom. The minimum absolute atomic E-state index is 0.278. The Morgan fingerprint density at radius 2 is 2.06 bits per heavy atom. The summed E-state index contributed by atoms with van der Waals surface area (Å²) in [6.45, 7) is 6.20.